The summed E-state index contributed by atoms with van der Waals surface area (Å²) in [5.74, 6) is -0.527. The van der Waals surface area contributed by atoms with Crippen molar-refractivity contribution in [2.45, 2.75) is 12.6 Å². The fourth-order valence-electron chi connectivity index (χ4n) is 4.47. The van der Waals surface area contributed by atoms with Gasteiger partial charge in [0.15, 0.2) is 11.5 Å². The maximum Gasteiger partial charge on any atom is 0.295 e. The molecule has 5 rings (SSSR count). The first-order valence-corrected chi connectivity index (χ1v) is 11.4. The van der Waals surface area contributed by atoms with Crippen LogP contribution in [0.3, 0.4) is 0 Å². The van der Waals surface area contributed by atoms with Crippen LogP contribution in [0.4, 0.5) is 5.69 Å². The molecule has 1 amide bonds. The van der Waals surface area contributed by atoms with Crippen LogP contribution in [0, 0.1) is 0 Å². The third-order valence-electron chi connectivity index (χ3n) is 6.28. The molecular formula is C28H26N2O5. The van der Waals surface area contributed by atoms with Crippen molar-refractivity contribution in [1.82, 2.24) is 4.90 Å². The van der Waals surface area contributed by atoms with Crippen molar-refractivity contribution < 1.29 is 24.2 Å². The molecule has 1 saturated heterocycles. The molecule has 7 nitrogen and oxygen atoms in total. The van der Waals surface area contributed by atoms with E-state index in [9.17, 15) is 14.7 Å². The number of amides is 1. The number of aliphatic hydroxyl groups is 1. The highest BCUT2D eigenvalue weighted by molar-refractivity contribution is 6.46. The van der Waals surface area contributed by atoms with Crippen LogP contribution in [0.25, 0.3) is 5.76 Å². The maximum atomic E-state index is 13.3. The molecule has 0 bridgehead atoms. The van der Waals surface area contributed by atoms with E-state index in [0.29, 0.717) is 30.3 Å². The summed E-state index contributed by atoms with van der Waals surface area (Å²) in [6, 6.07) is 21.4. The van der Waals surface area contributed by atoms with Crippen LogP contribution >= 0.6 is 0 Å². The van der Waals surface area contributed by atoms with Crippen LogP contribution < -0.4 is 14.4 Å². The van der Waals surface area contributed by atoms with Gasteiger partial charge in [0, 0.05) is 31.9 Å². The summed E-state index contributed by atoms with van der Waals surface area (Å²) in [5, 5.41) is 11.3. The Kier molecular flexibility index (Phi) is 5.91. The predicted molar refractivity (Wildman–Crippen MR) is 132 cm³/mol. The number of anilines is 1. The largest absolute Gasteiger partial charge is 0.507 e. The number of nitrogens with zero attached hydrogens (tertiary/aromatic N) is 2. The molecule has 178 valence electrons. The number of likely N-dealkylation sites (tertiary alicyclic amines) is 1. The van der Waals surface area contributed by atoms with Crippen molar-refractivity contribution in [3.8, 4) is 11.5 Å². The molecule has 2 aliphatic rings. The molecule has 0 unspecified atom stereocenters. The van der Waals surface area contributed by atoms with Crippen LogP contribution in [0.2, 0.25) is 0 Å². The monoisotopic (exact) mass is 470 g/mol. The Morgan fingerprint density at radius 3 is 2.31 bits per heavy atom. The number of rotatable bonds is 5. The van der Waals surface area contributed by atoms with Gasteiger partial charge in [0.2, 0.25) is 0 Å². The molecule has 7 heteroatoms. The van der Waals surface area contributed by atoms with Gasteiger partial charge in [-0.2, -0.15) is 0 Å². The highest BCUT2D eigenvalue weighted by Gasteiger charge is 2.46. The zero-order valence-electron chi connectivity index (χ0n) is 19.6. The minimum Gasteiger partial charge on any atom is -0.507 e. The molecular weight excluding hydrogens is 444 g/mol. The van der Waals surface area contributed by atoms with Gasteiger partial charge in [0.1, 0.15) is 19.0 Å². The molecule has 0 spiro atoms. The molecule has 3 aromatic rings. The van der Waals surface area contributed by atoms with Gasteiger partial charge in [-0.1, -0.05) is 42.5 Å². The van der Waals surface area contributed by atoms with Crippen LogP contribution in [-0.2, 0) is 16.1 Å². The number of hydrogen-bond acceptors (Lipinski definition) is 6. The summed E-state index contributed by atoms with van der Waals surface area (Å²) >= 11 is 0. The number of carbonyl (C=O) groups is 2. The second-order valence-corrected chi connectivity index (χ2v) is 8.76. The molecule has 35 heavy (non-hydrogen) atoms. The van der Waals surface area contributed by atoms with Crippen molar-refractivity contribution >= 4 is 23.1 Å². The molecule has 1 N–H and O–H groups in total. The fraction of sp³-hybridized carbons (Fsp3) is 0.214. The van der Waals surface area contributed by atoms with E-state index in [1.165, 1.54) is 4.90 Å². The van der Waals surface area contributed by atoms with E-state index in [-0.39, 0.29) is 17.9 Å². The molecule has 0 aliphatic carbocycles. The lowest BCUT2D eigenvalue weighted by atomic mass is 9.94. The van der Waals surface area contributed by atoms with Gasteiger partial charge in [-0.25, -0.2) is 0 Å². The summed E-state index contributed by atoms with van der Waals surface area (Å²) in [6.45, 7) is 1.09. The second kappa shape index (κ2) is 9.18. The summed E-state index contributed by atoms with van der Waals surface area (Å²) in [6.07, 6.45) is 0. The standard InChI is InChI=1S/C28H26N2O5/c1-29(2)21-11-8-19(9-12-21)25-24(26(31)20-10-13-22-23(16-20)35-15-14-34-22)27(32)28(33)30(25)17-18-6-4-3-5-7-18/h3-13,16,25,31H,14-15,17H2,1-2H3/b26-24+/t25-/m0/s1. The van der Waals surface area contributed by atoms with Gasteiger partial charge < -0.3 is 24.4 Å². The summed E-state index contributed by atoms with van der Waals surface area (Å²) in [5.41, 5.74) is 3.07. The van der Waals surface area contributed by atoms with Crippen molar-refractivity contribution in [2.75, 3.05) is 32.2 Å². The molecule has 2 heterocycles. The minimum absolute atomic E-state index is 0.0558. The molecule has 1 atom stereocenters. The number of carbonyl (C=O) groups excluding carboxylic acids is 2. The maximum absolute atomic E-state index is 13.3. The van der Waals surface area contributed by atoms with Gasteiger partial charge in [-0.3, -0.25) is 9.59 Å². The zero-order valence-corrected chi connectivity index (χ0v) is 19.6. The van der Waals surface area contributed by atoms with E-state index in [1.54, 1.807) is 18.2 Å². The predicted octanol–water partition coefficient (Wildman–Crippen LogP) is 4.15. The van der Waals surface area contributed by atoms with Gasteiger partial charge in [-0.05, 0) is 41.5 Å². The second-order valence-electron chi connectivity index (χ2n) is 8.76. The van der Waals surface area contributed by atoms with Crippen LogP contribution in [0.1, 0.15) is 22.7 Å². The van der Waals surface area contributed by atoms with Crippen molar-refractivity contribution in [3.05, 3.63) is 95.1 Å². The van der Waals surface area contributed by atoms with Crippen LogP contribution in [-0.4, -0.2) is 49.0 Å². The van der Waals surface area contributed by atoms with E-state index >= 15 is 0 Å². The van der Waals surface area contributed by atoms with Gasteiger partial charge in [-0.15, -0.1) is 0 Å². The Morgan fingerprint density at radius 2 is 1.63 bits per heavy atom. The molecule has 0 saturated carbocycles. The average Bonchev–Trinajstić information content (AvgIpc) is 3.13. The lowest BCUT2D eigenvalue weighted by Crippen LogP contribution is -2.29. The third-order valence-corrected chi connectivity index (χ3v) is 6.28. The van der Waals surface area contributed by atoms with E-state index in [2.05, 4.69) is 0 Å². The molecule has 3 aromatic carbocycles. The number of Topliss-reactive ketones (excluding diaryl/α,β-unsaturated/α-hetero) is 1. The SMILES string of the molecule is CN(C)c1ccc([C@H]2/C(=C(\O)c3ccc4c(c3)OCCO4)C(=O)C(=O)N2Cc2ccccc2)cc1. The fourth-order valence-corrected chi connectivity index (χ4v) is 4.47. The topological polar surface area (TPSA) is 79.3 Å². The van der Waals surface area contributed by atoms with Gasteiger partial charge in [0.05, 0.1) is 11.6 Å². The highest BCUT2D eigenvalue weighted by atomic mass is 16.6. The highest BCUT2D eigenvalue weighted by Crippen LogP contribution is 2.42. The number of aliphatic hydroxyl groups excluding tert-OH is 1. The average molecular weight is 471 g/mol. The number of ketones is 1. The normalized spacial score (nSPS) is 18.6. The number of fused-ring (bicyclic) bond motifs is 1. The summed E-state index contributed by atoms with van der Waals surface area (Å²) in [4.78, 5) is 30.0. The molecule has 0 radical (unpaired) electrons. The van der Waals surface area contributed by atoms with Gasteiger partial charge >= 0.3 is 0 Å². The Balaban J connectivity index is 1.62. The zero-order chi connectivity index (χ0) is 24.5. The quantitative estimate of drug-likeness (QED) is 0.343. The lowest BCUT2D eigenvalue weighted by molar-refractivity contribution is -0.140. The number of hydrogen-bond donors (Lipinski definition) is 1. The van der Waals surface area contributed by atoms with Crippen molar-refractivity contribution in [2.24, 2.45) is 0 Å². The Labute approximate surface area is 203 Å². The Hall–Kier alpha value is -4.26. The van der Waals surface area contributed by atoms with Crippen LogP contribution in [0.15, 0.2) is 78.4 Å². The van der Waals surface area contributed by atoms with E-state index in [1.807, 2.05) is 73.6 Å². The summed E-state index contributed by atoms with van der Waals surface area (Å²) in [7, 11) is 3.89. The lowest BCUT2D eigenvalue weighted by Gasteiger charge is -2.26. The molecule has 2 aliphatic heterocycles. The van der Waals surface area contributed by atoms with Crippen molar-refractivity contribution in [3.63, 3.8) is 0 Å². The molecule has 1 fully saturated rings. The number of ether oxygens (including phenoxy) is 2. The third kappa shape index (κ3) is 4.21. The smallest absolute Gasteiger partial charge is 0.295 e. The summed E-state index contributed by atoms with van der Waals surface area (Å²) < 4.78 is 11.2. The van der Waals surface area contributed by atoms with Crippen molar-refractivity contribution in [1.29, 1.82) is 0 Å². The van der Waals surface area contributed by atoms with E-state index in [4.69, 9.17) is 9.47 Å². The van der Waals surface area contributed by atoms with Crippen LogP contribution in [0.5, 0.6) is 11.5 Å². The Bertz CT molecular complexity index is 1300. The molecule has 0 aromatic heterocycles. The van der Waals surface area contributed by atoms with Gasteiger partial charge in [0.25, 0.3) is 11.7 Å². The van der Waals surface area contributed by atoms with E-state index in [0.717, 1.165) is 16.8 Å². The first-order valence-electron chi connectivity index (χ1n) is 11.4. The van der Waals surface area contributed by atoms with E-state index < -0.39 is 17.7 Å². The first kappa shape index (κ1) is 22.5. The Morgan fingerprint density at radius 1 is 0.943 bits per heavy atom. The number of benzene rings is 3. The first-order chi connectivity index (χ1) is 16.9. The minimum atomic E-state index is -0.736.